The third kappa shape index (κ3) is 17.3. The summed E-state index contributed by atoms with van der Waals surface area (Å²) in [6.45, 7) is 4.25. The van der Waals surface area contributed by atoms with E-state index in [0.29, 0.717) is 17.7 Å². The number of anilines is 2. The number of aliphatic hydroxyl groups is 1. The predicted molar refractivity (Wildman–Crippen MR) is 267 cm³/mol. The van der Waals surface area contributed by atoms with Crippen LogP contribution in [0.5, 0.6) is 0 Å². The summed E-state index contributed by atoms with van der Waals surface area (Å²) in [6, 6.07) is 5.36. The summed E-state index contributed by atoms with van der Waals surface area (Å²) in [4.78, 5) is 100. The minimum Gasteiger partial charge on any atom is -0.455 e. The number of hydrogen-bond donors (Lipinski definition) is 9. The van der Waals surface area contributed by atoms with E-state index in [2.05, 4.69) is 45.1 Å². The first-order chi connectivity index (χ1) is 35.4. The Balaban J connectivity index is 1.06. The van der Waals surface area contributed by atoms with Crippen molar-refractivity contribution in [2.45, 2.75) is 113 Å². The van der Waals surface area contributed by atoms with Crippen LogP contribution in [0, 0.1) is 0 Å². The van der Waals surface area contributed by atoms with E-state index in [0.717, 1.165) is 10.9 Å². The zero-order valence-electron chi connectivity index (χ0n) is 40.2. The van der Waals surface area contributed by atoms with E-state index in [9.17, 15) is 48.1 Å². The van der Waals surface area contributed by atoms with Gasteiger partial charge in [-0.15, -0.1) is 0 Å². The van der Waals surface area contributed by atoms with Crippen molar-refractivity contribution in [3.05, 3.63) is 75.7 Å². The highest BCUT2D eigenvalue weighted by Crippen LogP contribution is 2.50. The van der Waals surface area contributed by atoms with Crippen LogP contribution in [0.25, 0.3) is 21.6 Å². The lowest BCUT2D eigenvalue weighted by Gasteiger charge is -2.24. The second kappa shape index (κ2) is 26.1. The zero-order chi connectivity index (χ0) is 54.7. The molecule has 1 aromatic carbocycles. The lowest BCUT2D eigenvalue weighted by molar-refractivity contribution is -0.158. The van der Waals surface area contributed by atoms with E-state index >= 15 is 0 Å². The number of azide groups is 1. The summed E-state index contributed by atoms with van der Waals surface area (Å²) in [7, 11) is -7.42. The molecule has 10 atom stereocenters. The summed E-state index contributed by atoms with van der Waals surface area (Å²) in [5, 5.41) is 20.5. The van der Waals surface area contributed by atoms with Crippen molar-refractivity contribution in [3.63, 3.8) is 0 Å². The normalized spacial score (nSPS) is 22.4. The number of phosphoric acid groups is 2. The number of amides is 2. The first-order valence-electron chi connectivity index (χ1n) is 22.6. The van der Waals surface area contributed by atoms with Crippen LogP contribution in [0.1, 0.15) is 64.5 Å². The summed E-state index contributed by atoms with van der Waals surface area (Å²) in [5.74, 6) is -1.43. The van der Waals surface area contributed by atoms with Gasteiger partial charge in [-0.25, -0.2) is 33.7 Å². The Labute approximate surface area is 434 Å². The van der Waals surface area contributed by atoms with E-state index in [1.165, 1.54) is 44.7 Å². The molecule has 0 spiro atoms. The third-order valence-electron chi connectivity index (χ3n) is 10.8. The summed E-state index contributed by atoms with van der Waals surface area (Å²) in [5.41, 5.74) is 26.8. The quantitative estimate of drug-likeness (QED) is 0.00874. The number of nitrogens with one attached hydrogen (secondary N) is 2. The van der Waals surface area contributed by atoms with Gasteiger partial charge >= 0.3 is 33.4 Å². The minimum atomic E-state index is -5.24. The average Bonchev–Trinajstić information content (AvgIpc) is 4.04. The van der Waals surface area contributed by atoms with Crippen LogP contribution >= 0.6 is 37.2 Å². The van der Waals surface area contributed by atoms with Crippen LogP contribution in [-0.4, -0.2) is 140 Å². The Bertz CT molecular complexity index is 2840. The molecule has 2 saturated heterocycles. The number of aromatic nitrogens is 6. The van der Waals surface area contributed by atoms with Gasteiger partial charge in [0.05, 0.1) is 19.5 Å². The van der Waals surface area contributed by atoms with Gasteiger partial charge in [0.25, 0.3) is 0 Å². The van der Waals surface area contributed by atoms with Crippen LogP contribution in [0.2, 0.25) is 0 Å². The Morgan fingerprint density at radius 2 is 1.76 bits per heavy atom. The number of ether oxygens (including phenoxy) is 4. The molecular formula is C40H56N14O17P2S2. The van der Waals surface area contributed by atoms with Gasteiger partial charge in [-0.2, -0.15) is 4.98 Å². The SMILES string of the molecule is CC(C)(C)SSC[C@H](NC(=O)OCc1ccc(N=[N+]=[N-])cc1)C(=O)NCCCC[C@@H](N)C(=O)O[C@H]1[C@@H](O)[C@H](n2cnc3c(N)ncnc32)O[C@H]1COP(=O)(O)O[C@H]1C[C@H](n2ccc(N)nc2=O)O[C@@H]1COP(=O)(O)O. The van der Waals surface area contributed by atoms with Gasteiger partial charge in [0.2, 0.25) is 5.91 Å². The third-order valence-corrected chi connectivity index (χ3v) is 15.7. The molecule has 2 aliphatic rings. The Hall–Kier alpha value is -5.47. The molecule has 2 aliphatic heterocycles. The fourth-order valence-electron chi connectivity index (χ4n) is 7.27. The van der Waals surface area contributed by atoms with Crippen molar-refractivity contribution in [3.8, 4) is 0 Å². The van der Waals surface area contributed by atoms with Crippen LogP contribution in [-0.2, 0) is 57.8 Å². The first-order valence-corrected chi connectivity index (χ1v) is 28.0. The number of aliphatic hydroxyl groups excluding tert-OH is 1. The van der Waals surface area contributed by atoms with Gasteiger partial charge in [-0.3, -0.25) is 32.3 Å². The van der Waals surface area contributed by atoms with Crippen LogP contribution in [0.4, 0.5) is 22.1 Å². The fourth-order valence-corrected chi connectivity index (χ4v) is 11.0. The molecule has 0 saturated carbocycles. The highest BCUT2D eigenvalue weighted by Gasteiger charge is 2.50. The number of nitrogens with two attached hydrogens (primary N) is 3. The maximum atomic E-state index is 13.6. The van der Waals surface area contributed by atoms with Crippen LogP contribution < -0.4 is 33.5 Å². The second-order valence-electron chi connectivity index (χ2n) is 17.6. The molecule has 6 rings (SSSR count). The standard InChI is InChI=1S/C40H56N14O17P2S2/c1-40(2,3)75-74-18-24(49-39(59)65-15-21-7-9-22(10-8-21)51-52-44)35(56)45-12-5-4-6-23(41)37(57)70-32-27(69-36(31(32)55)54-20-48-30-33(43)46-19-47-34(30)54)17-67-73(63,64)71-25-14-29(53-13-11-28(42)50-38(53)58)68-26(25)16-66-72(60,61)62/h7-11,13,19-20,23-27,29,31-32,36,55H,4-6,12,14-18,41H2,1-3H3,(H,45,56)(H,49,59)(H,63,64)(H2,42,50,58)(H2,43,46,47)(H2,60,61,62)/t23-,24+,25+,26-,27+,29-,31-,32-,36-/m1/s1. The Morgan fingerprint density at radius 3 is 2.45 bits per heavy atom. The zero-order valence-corrected chi connectivity index (χ0v) is 43.7. The lowest BCUT2D eigenvalue weighted by Crippen LogP contribution is -2.48. The van der Waals surface area contributed by atoms with Gasteiger partial charge in [0.15, 0.2) is 23.8 Å². The number of imidazole rings is 1. The number of benzene rings is 1. The van der Waals surface area contributed by atoms with Crippen LogP contribution in [0.3, 0.4) is 0 Å². The molecule has 31 nitrogen and oxygen atoms in total. The first kappa shape index (κ1) is 58.8. The number of fused-ring (bicyclic) bond motifs is 1. The van der Waals surface area contributed by atoms with Gasteiger partial charge < -0.3 is 66.6 Å². The molecule has 35 heteroatoms. The molecule has 2 fully saturated rings. The number of nitrogen functional groups attached to an aromatic ring is 2. The van der Waals surface area contributed by atoms with E-state index in [4.69, 9.17) is 50.7 Å². The van der Waals surface area contributed by atoms with Gasteiger partial charge in [0.1, 0.15) is 67.0 Å². The van der Waals surface area contributed by atoms with Crippen LogP contribution in [0.15, 0.2) is 59.1 Å². The number of alkyl carbamates (subject to hydrolysis) is 1. The molecular weight excluding hydrogens is 1070 g/mol. The maximum Gasteiger partial charge on any atom is 0.472 e. The monoisotopic (exact) mass is 1130 g/mol. The molecule has 2 amide bonds. The highest BCUT2D eigenvalue weighted by atomic mass is 33.1. The summed E-state index contributed by atoms with van der Waals surface area (Å²) in [6.07, 6.45) is -7.48. The predicted octanol–water partition coefficient (Wildman–Crippen LogP) is 2.35. The second-order valence-corrected chi connectivity index (χ2v) is 23.5. The molecule has 410 valence electrons. The fraction of sp³-hybridized carbons (Fsp3) is 0.550. The average molecular weight is 1130 g/mol. The van der Waals surface area contributed by atoms with E-state index in [-0.39, 0.29) is 65.7 Å². The van der Waals surface area contributed by atoms with Crippen molar-refractivity contribution >= 4 is 83.7 Å². The Kier molecular flexibility index (Phi) is 20.4. The number of carbonyl (C=O) groups excluding carboxylic acids is 3. The molecule has 4 aromatic rings. The maximum absolute atomic E-state index is 13.6. The number of hydrogen-bond acceptors (Lipinski definition) is 24. The van der Waals surface area contributed by atoms with Crippen molar-refractivity contribution in [2.75, 3.05) is 37.0 Å². The summed E-state index contributed by atoms with van der Waals surface area (Å²) >= 11 is 0. The van der Waals surface area contributed by atoms with E-state index < -0.39 is 108 Å². The molecule has 0 bridgehead atoms. The summed E-state index contributed by atoms with van der Waals surface area (Å²) < 4.78 is 65.2. The van der Waals surface area contributed by atoms with Gasteiger partial charge in [0, 0.05) is 40.3 Å². The lowest BCUT2D eigenvalue weighted by atomic mass is 10.1. The smallest absolute Gasteiger partial charge is 0.455 e. The number of phosphoric ester groups is 2. The van der Waals surface area contributed by atoms with Crippen molar-refractivity contribution in [1.82, 2.24) is 39.7 Å². The number of rotatable bonds is 25. The van der Waals surface area contributed by atoms with Crippen molar-refractivity contribution in [1.29, 1.82) is 0 Å². The van der Waals surface area contributed by atoms with Crippen molar-refractivity contribution < 1.29 is 75.8 Å². The topological polar surface area (TPSA) is 460 Å². The Morgan fingerprint density at radius 1 is 1.03 bits per heavy atom. The molecule has 5 heterocycles. The molecule has 75 heavy (non-hydrogen) atoms. The minimum absolute atomic E-state index is 0.00594. The number of nitrogens with zero attached hydrogens (tertiary/aromatic N) is 9. The largest absolute Gasteiger partial charge is 0.472 e. The van der Waals surface area contributed by atoms with Crippen molar-refractivity contribution in [2.24, 2.45) is 10.8 Å². The van der Waals surface area contributed by atoms with Gasteiger partial charge in [-0.1, -0.05) is 71.7 Å². The molecule has 1 unspecified atom stereocenters. The molecule has 3 aromatic heterocycles. The molecule has 0 radical (unpaired) electrons. The van der Waals surface area contributed by atoms with Gasteiger partial charge in [-0.05, 0) is 36.4 Å². The molecule has 0 aliphatic carbocycles. The van der Waals surface area contributed by atoms with E-state index in [1.54, 1.807) is 24.3 Å². The van der Waals surface area contributed by atoms with E-state index in [1.807, 2.05) is 20.8 Å². The number of esters is 1. The number of unbranched alkanes of at least 4 members (excludes halogenated alkanes) is 1. The molecule has 12 N–H and O–H groups in total. The highest BCUT2D eigenvalue weighted by molar-refractivity contribution is 8.77. The number of carbonyl (C=O) groups is 3.